The van der Waals surface area contributed by atoms with Crippen LogP contribution in [0.2, 0.25) is 0 Å². The van der Waals surface area contributed by atoms with Crippen LogP contribution in [0, 0.1) is 0 Å². The van der Waals surface area contributed by atoms with Crippen molar-refractivity contribution in [2.45, 2.75) is 32.1 Å². The van der Waals surface area contributed by atoms with Gasteiger partial charge in [-0.15, -0.1) is 0 Å². The van der Waals surface area contributed by atoms with E-state index in [4.69, 9.17) is 18.0 Å². The molecule has 0 saturated carbocycles. The molecule has 2 heterocycles. The first-order chi connectivity index (χ1) is 8.27. The van der Waals surface area contributed by atoms with Crippen molar-refractivity contribution in [2.24, 2.45) is 5.73 Å². The number of rotatable bonds is 2. The van der Waals surface area contributed by atoms with E-state index in [0.717, 1.165) is 24.6 Å². The SMILES string of the molecule is NC(=S)c1cccc(N2CCCCCCC2)n1. The van der Waals surface area contributed by atoms with Crippen molar-refractivity contribution in [3.63, 3.8) is 0 Å². The summed E-state index contributed by atoms with van der Waals surface area (Å²) in [5.74, 6) is 1.01. The Hall–Kier alpha value is -1.16. The third kappa shape index (κ3) is 3.40. The summed E-state index contributed by atoms with van der Waals surface area (Å²) in [6.07, 6.45) is 6.52. The molecule has 17 heavy (non-hydrogen) atoms. The minimum absolute atomic E-state index is 0.374. The van der Waals surface area contributed by atoms with Gasteiger partial charge in [0.15, 0.2) is 0 Å². The van der Waals surface area contributed by atoms with Crippen LogP contribution in [0.15, 0.2) is 18.2 Å². The number of aromatic nitrogens is 1. The molecule has 0 aliphatic carbocycles. The number of thiocarbonyl (C=S) groups is 1. The molecule has 2 N–H and O–H groups in total. The summed E-state index contributed by atoms with van der Waals surface area (Å²) in [5, 5.41) is 0. The molecule has 0 aromatic carbocycles. The fraction of sp³-hybridized carbons (Fsp3) is 0.538. The van der Waals surface area contributed by atoms with Crippen LogP contribution in [0.3, 0.4) is 0 Å². The molecule has 0 amide bonds. The maximum atomic E-state index is 5.62. The highest BCUT2D eigenvalue weighted by molar-refractivity contribution is 7.80. The smallest absolute Gasteiger partial charge is 0.129 e. The summed E-state index contributed by atoms with van der Waals surface area (Å²) in [5.41, 5.74) is 6.34. The van der Waals surface area contributed by atoms with Crippen LogP contribution in [-0.2, 0) is 0 Å². The molecule has 0 spiro atoms. The van der Waals surface area contributed by atoms with Gasteiger partial charge in [0.1, 0.15) is 10.8 Å². The number of pyridine rings is 1. The monoisotopic (exact) mass is 249 g/mol. The van der Waals surface area contributed by atoms with E-state index in [9.17, 15) is 0 Å². The second-order valence-electron chi connectivity index (χ2n) is 4.50. The number of hydrogen-bond acceptors (Lipinski definition) is 3. The van der Waals surface area contributed by atoms with E-state index >= 15 is 0 Å². The van der Waals surface area contributed by atoms with Gasteiger partial charge in [0.25, 0.3) is 0 Å². The lowest BCUT2D eigenvalue weighted by atomic mass is 10.1. The molecule has 1 aliphatic heterocycles. The second kappa shape index (κ2) is 5.96. The molecule has 0 bridgehead atoms. The number of hydrogen-bond donors (Lipinski definition) is 1. The Morgan fingerprint density at radius 1 is 1.12 bits per heavy atom. The number of nitrogens with two attached hydrogens (primary N) is 1. The van der Waals surface area contributed by atoms with Crippen molar-refractivity contribution in [1.82, 2.24) is 4.98 Å². The van der Waals surface area contributed by atoms with Crippen molar-refractivity contribution in [1.29, 1.82) is 0 Å². The van der Waals surface area contributed by atoms with E-state index < -0.39 is 0 Å². The molecule has 1 aromatic heterocycles. The molecular weight excluding hydrogens is 230 g/mol. The summed E-state index contributed by atoms with van der Waals surface area (Å²) in [7, 11) is 0. The molecule has 0 atom stereocenters. The van der Waals surface area contributed by atoms with Crippen molar-refractivity contribution >= 4 is 23.0 Å². The predicted molar refractivity (Wildman–Crippen MR) is 75.4 cm³/mol. The van der Waals surface area contributed by atoms with E-state index in [2.05, 4.69) is 9.88 Å². The zero-order chi connectivity index (χ0) is 12.1. The van der Waals surface area contributed by atoms with Gasteiger partial charge in [-0.3, -0.25) is 0 Å². The molecular formula is C13H19N3S. The molecule has 92 valence electrons. The third-order valence-corrected chi connectivity index (χ3v) is 3.38. The van der Waals surface area contributed by atoms with Gasteiger partial charge in [0, 0.05) is 13.1 Å². The number of anilines is 1. The Morgan fingerprint density at radius 3 is 2.41 bits per heavy atom. The Kier molecular flexibility index (Phi) is 4.31. The molecule has 2 rings (SSSR count). The molecule has 3 nitrogen and oxygen atoms in total. The quantitative estimate of drug-likeness (QED) is 0.818. The van der Waals surface area contributed by atoms with E-state index in [1.165, 1.54) is 32.1 Å². The lowest BCUT2D eigenvalue weighted by Gasteiger charge is -2.26. The zero-order valence-corrected chi connectivity index (χ0v) is 10.9. The molecule has 0 radical (unpaired) electrons. The first kappa shape index (κ1) is 12.3. The maximum absolute atomic E-state index is 5.62. The highest BCUT2D eigenvalue weighted by Gasteiger charge is 2.11. The fourth-order valence-corrected chi connectivity index (χ4v) is 2.33. The summed E-state index contributed by atoms with van der Waals surface area (Å²) in [6.45, 7) is 2.18. The molecule has 1 saturated heterocycles. The van der Waals surface area contributed by atoms with Gasteiger partial charge in [0.2, 0.25) is 0 Å². The van der Waals surface area contributed by atoms with E-state index in [0.29, 0.717) is 4.99 Å². The molecule has 1 aromatic rings. The van der Waals surface area contributed by atoms with Gasteiger partial charge in [-0.05, 0) is 25.0 Å². The van der Waals surface area contributed by atoms with E-state index in [1.54, 1.807) is 0 Å². The normalized spacial score (nSPS) is 17.3. The lowest BCUT2D eigenvalue weighted by molar-refractivity contribution is 0.554. The summed E-state index contributed by atoms with van der Waals surface area (Å²) < 4.78 is 0. The highest BCUT2D eigenvalue weighted by atomic mass is 32.1. The van der Waals surface area contributed by atoms with Gasteiger partial charge in [-0.1, -0.05) is 37.5 Å². The molecule has 1 aliphatic rings. The Labute approximate surface area is 108 Å². The minimum Gasteiger partial charge on any atom is -0.388 e. The average molecular weight is 249 g/mol. The van der Waals surface area contributed by atoms with Crippen LogP contribution < -0.4 is 10.6 Å². The van der Waals surface area contributed by atoms with Gasteiger partial charge in [-0.25, -0.2) is 4.98 Å². The van der Waals surface area contributed by atoms with Crippen molar-refractivity contribution in [3.05, 3.63) is 23.9 Å². The van der Waals surface area contributed by atoms with Gasteiger partial charge < -0.3 is 10.6 Å². The van der Waals surface area contributed by atoms with Crippen molar-refractivity contribution in [3.8, 4) is 0 Å². The Balaban J connectivity index is 2.13. The fourth-order valence-electron chi connectivity index (χ4n) is 2.21. The van der Waals surface area contributed by atoms with Crippen molar-refractivity contribution < 1.29 is 0 Å². The minimum atomic E-state index is 0.374. The van der Waals surface area contributed by atoms with Crippen LogP contribution in [0.25, 0.3) is 0 Å². The van der Waals surface area contributed by atoms with Crippen molar-refractivity contribution in [2.75, 3.05) is 18.0 Å². The first-order valence-electron chi connectivity index (χ1n) is 6.29. The van der Waals surface area contributed by atoms with Crippen LogP contribution in [0.5, 0.6) is 0 Å². The van der Waals surface area contributed by atoms with Gasteiger partial charge in [0.05, 0.1) is 5.69 Å². The standard InChI is InChI=1S/C13H19N3S/c14-13(17)11-7-6-8-12(15-11)16-9-4-2-1-3-5-10-16/h6-8H,1-5,9-10H2,(H2,14,17). The maximum Gasteiger partial charge on any atom is 0.129 e. The van der Waals surface area contributed by atoms with Crippen LogP contribution in [-0.4, -0.2) is 23.1 Å². The molecule has 4 heteroatoms. The summed E-state index contributed by atoms with van der Waals surface area (Å²) in [4.78, 5) is 7.25. The summed E-state index contributed by atoms with van der Waals surface area (Å²) >= 11 is 4.97. The lowest BCUT2D eigenvalue weighted by Crippen LogP contribution is -2.28. The Bertz CT molecular complexity index is 384. The van der Waals surface area contributed by atoms with Crippen LogP contribution in [0.4, 0.5) is 5.82 Å². The largest absolute Gasteiger partial charge is 0.388 e. The van der Waals surface area contributed by atoms with Gasteiger partial charge in [-0.2, -0.15) is 0 Å². The molecule has 0 unspecified atom stereocenters. The Morgan fingerprint density at radius 2 is 1.76 bits per heavy atom. The van der Waals surface area contributed by atoms with Crippen LogP contribution in [0.1, 0.15) is 37.8 Å². The third-order valence-electron chi connectivity index (χ3n) is 3.17. The van der Waals surface area contributed by atoms with Gasteiger partial charge >= 0.3 is 0 Å². The average Bonchev–Trinajstić information content (AvgIpc) is 2.28. The highest BCUT2D eigenvalue weighted by Crippen LogP contribution is 2.17. The van der Waals surface area contributed by atoms with E-state index in [-0.39, 0.29) is 0 Å². The predicted octanol–water partition coefficient (Wildman–Crippen LogP) is 2.49. The second-order valence-corrected chi connectivity index (χ2v) is 4.94. The topological polar surface area (TPSA) is 42.1 Å². The first-order valence-corrected chi connectivity index (χ1v) is 6.70. The molecule has 1 fully saturated rings. The number of nitrogens with zero attached hydrogens (tertiary/aromatic N) is 2. The van der Waals surface area contributed by atoms with E-state index in [1.807, 2.05) is 18.2 Å². The zero-order valence-electron chi connectivity index (χ0n) is 10.1. The summed E-state index contributed by atoms with van der Waals surface area (Å²) in [6, 6.07) is 5.90. The van der Waals surface area contributed by atoms with Crippen LogP contribution >= 0.6 is 12.2 Å².